The van der Waals surface area contributed by atoms with Crippen LogP contribution >= 0.6 is 0 Å². The Bertz CT molecular complexity index is 3410. The quantitative estimate of drug-likeness (QED) is 0.0905. The number of hydrogen-bond acceptors (Lipinski definition) is 3. The molecule has 9 aromatic carbocycles. The Morgan fingerprint density at radius 2 is 0.442 bits per heavy atom. The van der Waals surface area contributed by atoms with Crippen molar-refractivity contribution in [2.45, 2.75) is 20.8 Å². The molecule has 0 atom stereocenters. The van der Waals surface area contributed by atoms with Crippen LogP contribution < -0.4 is 31.3 Å². The summed E-state index contributed by atoms with van der Waals surface area (Å²) in [5.41, 5.74) is 9.95. The van der Waals surface area contributed by atoms with E-state index < -0.39 is 0 Å². The average Bonchev–Trinajstić information content (AvgIpc) is 3.43. The van der Waals surface area contributed by atoms with Gasteiger partial charge in [0.15, 0.2) is 17.3 Å². The summed E-state index contributed by atoms with van der Waals surface area (Å²) >= 11 is 0. The molecule has 386 valence electrons. The zero-order chi connectivity index (χ0) is 52.5. The normalized spacial score (nSPS) is 12.4. The first kappa shape index (κ1) is 59.6. The molecule has 9 aromatic rings. The van der Waals surface area contributed by atoms with E-state index in [0.717, 1.165) is 81.4 Å². The van der Waals surface area contributed by atoms with E-state index >= 15 is 0 Å². The number of allylic oxidation sites excluding steroid dienone is 3. The molecule has 0 spiro atoms. The fraction of sp³-hybridized carbons (Fsp3) is 0.0417. The van der Waals surface area contributed by atoms with Crippen molar-refractivity contribution in [1.82, 2.24) is 0 Å². The van der Waals surface area contributed by atoms with E-state index in [2.05, 4.69) is 127 Å². The Morgan fingerprint density at radius 3 is 0.636 bits per heavy atom. The first-order valence-electron chi connectivity index (χ1n) is 25.0. The van der Waals surface area contributed by atoms with Gasteiger partial charge in [-0.2, -0.15) is 0 Å². The maximum Gasteiger partial charge on any atom is 0.152 e. The summed E-state index contributed by atoms with van der Waals surface area (Å²) in [7, 11) is 0. The summed E-state index contributed by atoms with van der Waals surface area (Å²) in [6, 6.07) is 80.0. The van der Waals surface area contributed by atoms with Crippen LogP contribution in [0.4, 0.5) is 0 Å². The minimum atomic E-state index is 0. The zero-order valence-electron chi connectivity index (χ0n) is 43.3. The van der Waals surface area contributed by atoms with Gasteiger partial charge >= 0.3 is 0 Å². The molecule has 0 aliphatic rings. The van der Waals surface area contributed by atoms with Crippen LogP contribution in [-0.2, 0) is 55.2 Å². The van der Waals surface area contributed by atoms with Gasteiger partial charge in [-0.05, 0) is 157 Å². The van der Waals surface area contributed by atoms with Crippen molar-refractivity contribution in [2.75, 3.05) is 0 Å². The van der Waals surface area contributed by atoms with Crippen LogP contribution in [0.2, 0.25) is 0 Å². The number of carbonyl (C=O) groups is 3. The molecule has 9 rings (SSSR count). The van der Waals surface area contributed by atoms with Crippen molar-refractivity contribution in [3.63, 3.8) is 0 Å². The molecule has 0 N–H and O–H groups in total. The first-order valence-corrected chi connectivity index (χ1v) is 25.0. The smallest absolute Gasteiger partial charge is 0.152 e. The molecule has 0 fully saturated rings. The van der Waals surface area contributed by atoms with Crippen LogP contribution in [-0.4, -0.2) is 17.3 Å². The Kier molecular flexibility index (Phi) is 25.0. The van der Waals surface area contributed by atoms with Crippen molar-refractivity contribution >= 4 is 72.0 Å². The summed E-state index contributed by atoms with van der Waals surface area (Å²) in [6.45, 7) is 4.70. The van der Waals surface area contributed by atoms with Crippen molar-refractivity contribution in [2.24, 2.45) is 0 Å². The van der Waals surface area contributed by atoms with Crippen LogP contribution in [0.1, 0.15) is 70.8 Å². The molecule has 77 heavy (non-hydrogen) atoms. The van der Waals surface area contributed by atoms with Gasteiger partial charge in [-0.1, -0.05) is 255 Å². The predicted molar refractivity (Wildman–Crippen MR) is 316 cm³/mol. The summed E-state index contributed by atoms with van der Waals surface area (Å²) in [5.74, 6) is 0.134. The van der Waals surface area contributed by atoms with E-state index in [9.17, 15) is 14.4 Å². The number of hydrogen-bond donors (Lipinski definition) is 0. The SMILES string of the molecule is CC(=O)C=Cc1cccc(=Cc2ccccc2)c1=Cc1ccccc1.CC(=O)C=Cc1cccc(=Cc2ccccc2)c1=Cc1ccccc1.CC(=O)C=Cc1cccc(=Cc2ccccc2)c1=Cc1ccccc1.[Pd].[Pd]. The van der Waals surface area contributed by atoms with Gasteiger partial charge < -0.3 is 0 Å². The molecular formula is C72H60O3Pd2. The van der Waals surface area contributed by atoms with Gasteiger partial charge in [0, 0.05) is 40.8 Å². The second-order valence-corrected chi connectivity index (χ2v) is 17.7. The Hall–Kier alpha value is -8.25. The van der Waals surface area contributed by atoms with Gasteiger partial charge in [0.05, 0.1) is 0 Å². The Balaban J connectivity index is 0.000000210. The Labute approximate surface area is 480 Å². The number of benzene rings is 9. The molecule has 0 saturated carbocycles. The molecule has 0 aliphatic carbocycles. The standard InChI is InChI=1S/3C24H20O.2Pd/c3*1-19(25)15-16-22-13-8-14-23(17-20-9-4-2-5-10-20)24(22)18-21-11-6-3-7-12-21;;/h3*2-18H,1H3;;. The van der Waals surface area contributed by atoms with Gasteiger partial charge in [0.1, 0.15) is 0 Å². The van der Waals surface area contributed by atoms with Crippen molar-refractivity contribution < 1.29 is 55.2 Å². The second-order valence-electron chi connectivity index (χ2n) is 17.7. The van der Waals surface area contributed by atoms with Crippen molar-refractivity contribution in [3.05, 3.63) is 336 Å². The molecule has 5 heteroatoms. The fourth-order valence-electron chi connectivity index (χ4n) is 8.07. The Morgan fingerprint density at radius 1 is 0.247 bits per heavy atom. The van der Waals surface area contributed by atoms with Crippen LogP contribution in [0, 0.1) is 0 Å². The maximum absolute atomic E-state index is 11.4. The predicted octanol–water partition coefficient (Wildman–Crippen LogP) is 11.8. The molecule has 0 saturated heterocycles. The van der Waals surface area contributed by atoms with Gasteiger partial charge in [-0.3, -0.25) is 14.4 Å². The molecule has 0 bridgehead atoms. The summed E-state index contributed by atoms with van der Waals surface area (Å²) in [4.78, 5) is 34.1. The van der Waals surface area contributed by atoms with Crippen LogP contribution in [0.3, 0.4) is 0 Å². The summed E-state index contributed by atoms with van der Waals surface area (Å²) < 4.78 is 0. The van der Waals surface area contributed by atoms with Crippen molar-refractivity contribution in [1.29, 1.82) is 0 Å². The van der Waals surface area contributed by atoms with Crippen LogP contribution in [0.25, 0.3) is 54.7 Å². The summed E-state index contributed by atoms with van der Waals surface area (Å²) in [6.07, 6.45) is 23.5. The molecule has 0 aliphatic heterocycles. The summed E-state index contributed by atoms with van der Waals surface area (Å²) in [5, 5.41) is 6.70. The van der Waals surface area contributed by atoms with E-state index in [1.165, 1.54) is 0 Å². The third kappa shape index (κ3) is 20.1. The number of rotatable bonds is 12. The van der Waals surface area contributed by atoms with E-state index in [-0.39, 0.29) is 58.2 Å². The van der Waals surface area contributed by atoms with E-state index in [1.54, 1.807) is 39.0 Å². The van der Waals surface area contributed by atoms with Gasteiger partial charge in [-0.25, -0.2) is 0 Å². The third-order valence-corrected chi connectivity index (χ3v) is 11.7. The van der Waals surface area contributed by atoms with Crippen LogP contribution in [0.15, 0.2) is 255 Å². The number of carbonyl (C=O) groups excluding carboxylic acids is 3. The minimum absolute atomic E-state index is 0. The fourth-order valence-corrected chi connectivity index (χ4v) is 8.07. The second kappa shape index (κ2) is 32.3. The van der Waals surface area contributed by atoms with Crippen LogP contribution in [0.5, 0.6) is 0 Å². The maximum atomic E-state index is 11.4. The van der Waals surface area contributed by atoms with Gasteiger partial charge in [0.25, 0.3) is 0 Å². The molecule has 0 aromatic heterocycles. The largest absolute Gasteiger partial charge is 0.295 e. The monoisotopic (exact) mass is 1180 g/mol. The van der Waals surface area contributed by atoms with Gasteiger partial charge in [-0.15, -0.1) is 0 Å². The number of ketones is 3. The molecule has 3 nitrogen and oxygen atoms in total. The molecule has 0 radical (unpaired) electrons. The van der Waals surface area contributed by atoms with E-state index in [0.29, 0.717) is 0 Å². The van der Waals surface area contributed by atoms with Crippen molar-refractivity contribution in [3.8, 4) is 0 Å². The molecule has 0 heterocycles. The van der Waals surface area contributed by atoms with E-state index in [4.69, 9.17) is 0 Å². The molecule has 0 unspecified atom stereocenters. The first-order chi connectivity index (χ1) is 36.7. The minimum Gasteiger partial charge on any atom is -0.295 e. The molecular weight excluding hydrogens is 1130 g/mol. The topological polar surface area (TPSA) is 51.2 Å². The molecule has 0 amide bonds. The zero-order valence-corrected chi connectivity index (χ0v) is 46.4. The average molecular weight is 1190 g/mol. The third-order valence-electron chi connectivity index (χ3n) is 11.7. The van der Waals surface area contributed by atoms with E-state index in [1.807, 2.05) is 164 Å². The van der Waals surface area contributed by atoms with Gasteiger partial charge in [0.2, 0.25) is 0 Å².